The Kier molecular flexibility index (Phi) is 4.88. The van der Waals surface area contributed by atoms with Crippen molar-refractivity contribution in [1.82, 2.24) is 15.5 Å². The molecule has 1 atom stereocenters. The van der Waals surface area contributed by atoms with E-state index in [1.165, 1.54) is 38.5 Å². The van der Waals surface area contributed by atoms with Gasteiger partial charge in [0.15, 0.2) is 0 Å². The summed E-state index contributed by atoms with van der Waals surface area (Å²) in [6, 6.07) is 9.46. The maximum atomic E-state index is 12.6. The van der Waals surface area contributed by atoms with Crippen molar-refractivity contribution in [3.05, 3.63) is 30.3 Å². The number of hydrogen-bond donors (Lipinski definition) is 3. The number of amides is 4. The lowest BCUT2D eigenvalue weighted by atomic mass is 9.53. The maximum Gasteiger partial charge on any atom is 0.321 e. The monoisotopic (exact) mass is 396 g/mol. The molecular weight excluding hydrogens is 364 g/mol. The molecule has 3 N–H and O–H groups in total. The zero-order valence-corrected chi connectivity index (χ0v) is 17.0. The third kappa shape index (κ3) is 4.07. The molecule has 1 saturated heterocycles. The Bertz CT molecular complexity index is 730. The summed E-state index contributed by atoms with van der Waals surface area (Å²) in [5, 5.41) is 9.41. The maximum absolute atomic E-state index is 12.6. The van der Waals surface area contributed by atoms with Crippen molar-refractivity contribution in [1.29, 1.82) is 0 Å². The minimum atomic E-state index is -0.0586. The molecule has 0 radical (unpaired) electrons. The van der Waals surface area contributed by atoms with E-state index in [2.05, 4.69) is 16.0 Å². The van der Waals surface area contributed by atoms with Gasteiger partial charge >= 0.3 is 12.1 Å². The Morgan fingerprint density at radius 1 is 1.00 bits per heavy atom. The van der Waals surface area contributed by atoms with E-state index in [-0.39, 0.29) is 17.6 Å². The Labute approximate surface area is 172 Å². The number of hydrogen-bond acceptors (Lipinski definition) is 2. The summed E-state index contributed by atoms with van der Waals surface area (Å²) in [6.07, 6.45) is 8.58. The van der Waals surface area contributed by atoms with Crippen molar-refractivity contribution >= 4 is 17.7 Å². The van der Waals surface area contributed by atoms with Crippen molar-refractivity contribution < 1.29 is 9.59 Å². The molecule has 1 unspecified atom stereocenters. The van der Waals surface area contributed by atoms with E-state index in [4.69, 9.17) is 0 Å². The van der Waals surface area contributed by atoms with E-state index in [0.29, 0.717) is 19.0 Å². The van der Waals surface area contributed by atoms with Gasteiger partial charge in [-0.1, -0.05) is 18.2 Å². The van der Waals surface area contributed by atoms with Crippen LogP contribution in [0.5, 0.6) is 0 Å². The van der Waals surface area contributed by atoms with E-state index < -0.39 is 0 Å². The summed E-state index contributed by atoms with van der Waals surface area (Å²) >= 11 is 0. The molecule has 0 aromatic heterocycles. The van der Waals surface area contributed by atoms with Crippen molar-refractivity contribution in [2.45, 2.75) is 50.5 Å². The summed E-state index contributed by atoms with van der Waals surface area (Å²) in [5.74, 6) is 2.80. The highest BCUT2D eigenvalue weighted by Crippen LogP contribution is 2.55. The van der Waals surface area contributed by atoms with E-state index in [0.717, 1.165) is 36.4 Å². The van der Waals surface area contributed by atoms with Crippen molar-refractivity contribution in [3.63, 3.8) is 0 Å². The van der Waals surface area contributed by atoms with E-state index in [1.807, 2.05) is 35.2 Å². The molecule has 6 heteroatoms. The second-order valence-electron chi connectivity index (χ2n) is 9.93. The molecule has 1 heterocycles. The van der Waals surface area contributed by atoms with Gasteiger partial charge in [0.05, 0.1) is 0 Å². The molecule has 6 rings (SSSR count). The molecule has 4 amide bonds. The van der Waals surface area contributed by atoms with Gasteiger partial charge in [-0.05, 0) is 80.8 Å². The first-order chi connectivity index (χ1) is 14.1. The van der Waals surface area contributed by atoms with Crippen LogP contribution in [0.15, 0.2) is 30.3 Å². The highest BCUT2D eigenvalue weighted by Gasteiger charge is 2.51. The molecule has 4 aliphatic carbocycles. The van der Waals surface area contributed by atoms with Crippen LogP contribution < -0.4 is 16.0 Å². The smallest absolute Gasteiger partial charge is 0.321 e. The number of benzene rings is 1. The molecule has 4 saturated carbocycles. The van der Waals surface area contributed by atoms with Gasteiger partial charge < -0.3 is 20.9 Å². The molecule has 4 bridgehead atoms. The van der Waals surface area contributed by atoms with Gasteiger partial charge in [0.1, 0.15) is 0 Å². The largest absolute Gasteiger partial charge is 0.338 e. The predicted molar refractivity (Wildman–Crippen MR) is 113 cm³/mol. The van der Waals surface area contributed by atoms with E-state index in [1.54, 1.807) is 0 Å². The SMILES string of the molecule is O=C(NCC1CCN(C(=O)Nc2ccccc2)C1)NC12CC3CC(CC(C3)C1)C2. The molecule has 5 fully saturated rings. The lowest BCUT2D eigenvalue weighted by Crippen LogP contribution is -2.61. The average molecular weight is 397 g/mol. The van der Waals surface area contributed by atoms with Crippen molar-refractivity contribution in [3.8, 4) is 0 Å². The molecule has 0 spiro atoms. The second-order valence-corrected chi connectivity index (χ2v) is 9.93. The number of para-hydroxylation sites is 1. The summed E-state index contributed by atoms with van der Waals surface area (Å²) in [6.45, 7) is 2.06. The van der Waals surface area contributed by atoms with E-state index >= 15 is 0 Å². The van der Waals surface area contributed by atoms with Crippen molar-refractivity contribution in [2.24, 2.45) is 23.7 Å². The fourth-order valence-electron chi connectivity index (χ4n) is 6.69. The van der Waals surface area contributed by atoms with Crippen LogP contribution in [0.4, 0.5) is 15.3 Å². The lowest BCUT2D eigenvalue weighted by Gasteiger charge is -2.56. The quantitative estimate of drug-likeness (QED) is 0.724. The Balaban J connectivity index is 1.07. The van der Waals surface area contributed by atoms with E-state index in [9.17, 15) is 9.59 Å². The van der Waals surface area contributed by atoms with Crippen LogP contribution in [0.1, 0.15) is 44.9 Å². The number of carbonyl (C=O) groups is 2. The molecule has 29 heavy (non-hydrogen) atoms. The number of rotatable bonds is 4. The Morgan fingerprint density at radius 3 is 2.31 bits per heavy atom. The zero-order valence-electron chi connectivity index (χ0n) is 17.0. The van der Waals surface area contributed by atoms with Crippen LogP contribution in [-0.4, -0.2) is 42.1 Å². The van der Waals surface area contributed by atoms with Crippen LogP contribution in [0, 0.1) is 23.7 Å². The number of likely N-dealkylation sites (tertiary alicyclic amines) is 1. The normalized spacial score (nSPS) is 34.8. The van der Waals surface area contributed by atoms with Gasteiger partial charge in [0, 0.05) is 30.9 Å². The summed E-state index contributed by atoms with van der Waals surface area (Å²) in [5.41, 5.74) is 0.866. The minimum Gasteiger partial charge on any atom is -0.338 e. The second kappa shape index (κ2) is 7.54. The molecule has 1 aromatic rings. The number of anilines is 1. The fourth-order valence-corrected chi connectivity index (χ4v) is 6.69. The highest BCUT2D eigenvalue weighted by atomic mass is 16.2. The summed E-state index contributed by atoms with van der Waals surface area (Å²) in [4.78, 5) is 26.9. The van der Waals surface area contributed by atoms with Gasteiger partial charge in [0.25, 0.3) is 0 Å². The lowest BCUT2D eigenvalue weighted by molar-refractivity contribution is -0.0135. The molecule has 1 aromatic carbocycles. The zero-order chi connectivity index (χ0) is 19.8. The minimum absolute atomic E-state index is 0.0147. The molecule has 6 nitrogen and oxygen atoms in total. The van der Waals surface area contributed by atoms with Gasteiger partial charge in [-0.15, -0.1) is 0 Å². The Morgan fingerprint density at radius 2 is 1.66 bits per heavy atom. The first-order valence-corrected chi connectivity index (χ1v) is 11.2. The Hall–Kier alpha value is -2.24. The number of carbonyl (C=O) groups excluding carboxylic acids is 2. The topological polar surface area (TPSA) is 73.5 Å². The third-order valence-corrected chi connectivity index (χ3v) is 7.57. The standard InChI is InChI=1S/C23H32N4O2/c28-21(26-23-11-17-8-18(12-23)10-19(9-17)13-23)24-14-16-6-7-27(15-16)22(29)25-20-4-2-1-3-5-20/h1-5,16-19H,6-15H2,(H,25,29)(H2,24,26,28). The predicted octanol–water partition coefficient (Wildman–Crippen LogP) is 3.81. The van der Waals surface area contributed by atoms with Crippen LogP contribution in [0.25, 0.3) is 0 Å². The van der Waals surface area contributed by atoms with Crippen molar-refractivity contribution in [2.75, 3.05) is 25.0 Å². The van der Waals surface area contributed by atoms with Crippen LogP contribution in [0.3, 0.4) is 0 Å². The molecule has 156 valence electrons. The van der Waals surface area contributed by atoms with Gasteiger partial charge in [-0.2, -0.15) is 0 Å². The van der Waals surface area contributed by atoms with Crippen LogP contribution in [0.2, 0.25) is 0 Å². The first kappa shape index (κ1) is 18.8. The third-order valence-electron chi connectivity index (χ3n) is 7.57. The summed E-state index contributed by atoms with van der Waals surface area (Å²) in [7, 11) is 0. The molecule has 1 aliphatic heterocycles. The average Bonchev–Trinajstić information content (AvgIpc) is 3.15. The van der Waals surface area contributed by atoms with Crippen LogP contribution >= 0.6 is 0 Å². The van der Waals surface area contributed by atoms with Crippen LogP contribution in [-0.2, 0) is 0 Å². The fraction of sp³-hybridized carbons (Fsp3) is 0.652. The van der Waals surface area contributed by atoms with Gasteiger partial charge in [0.2, 0.25) is 0 Å². The first-order valence-electron chi connectivity index (χ1n) is 11.2. The molecule has 5 aliphatic rings. The van der Waals surface area contributed by atoms with Gasteiger partial charge in [-0.3, -0.25) is 0 Å². The van der Waals surface area contributed by atoms with Gasteiger partial charge in [-0.25, -0.2) is 9.59 Å². The summed E-state index contributed by atoms with van der Waals surface area (Å²) < 4.78 is 0. The number of urea groups is 2. The number of nitrogens with one attached hydrogen (secondary N) is 3. The highest BCUT2D eigenvalue weighted by molar-refractivity contribution is 5.89. The molecular formula is C23H32N4O2. The number of nitrogens with zero attached hydrogens (tertiary/aromatic N) is 1.